The second-order valence-electron chi connectivity index (χ2n) is 8.41. The van der Waals surface area contributed by atoms with Crippen LogP contribution in [0.25, 0.3) is 0 Å². The Bertz CT molecular complexity index is 636. The highest BCUT2D eigenvalue weighted by Crippen LogP contribution is 2.32. The van der Waals surface area contributed by atoms with Crippen LogP contribution < -0.4 is 15.4 Å². The predicted octanol–water partition coefficient (Wildman–Crippen LogP) is 1.93. The highest BCUT2D eigenvalue weighted by Gasteiger charge is 2.34. The van der Waals surface area contributed by atoms with Gasteiger partial charge < -0.3 is 20.1 Å². The Kier molecular flexibility index (Phi) is 6.83. The molecule has 6 nitrogen and oxygen atoms in total. The SMILES string of the molecule is O=C(CC1CC2CCC(C1)N2)NCc1cccc(OCCN2CCOCC2)c1. The number of benzene rings is 1. The van der Waals surface area contributed by atoms with E-state index in [1.54, 1.807) is 0 Å². The van der Waals surface area contributed by atoms with Crippen LogP contribution in [0.4, 0.5) is 0 Å². The molecule has 0 saturated carbocycles. The fourth-order valence-corrected chi connectivity index (χ4v) is 4.74. The third-order valence-corrected chi connectivity index (χ3v) is 6.21. The molecule has 1 aromatic rings. The van der Waals surface area contributed by atoms with Crippen LogP contribution in [-0.2, 0) is 16.1 Å². The van der Waals surface area contributed by atoms with E-state index in [0.717, 1.165) is 57.0 Å². The molecule has 2 N–H and O–H groups in total. The Morgan fingerprint density at radius 2 is 2.00 bits per heavy atom. The van der Waals surface area contributed by atoms with Gasteiger partial charge in [-0.3, -0.25) is 9.69 Å². The number of hydrogen-bond acceptors (Lipinski definition) is 5. The molecule has 0 spiro atoms. The summed E-state index contributed by atoms with van der Waals surface area (Å²) in [6.07, 6.45) is 5.51. The molecule has 3 aliphatic heterocycles. The van der Waals surface area contributed by atoms with Crippen molar-refractivity contribution in [3.8, 4) is 5.75 Å². The molecule has 3 fully saturated rings. The lowest BCUT2D eigenvalue weighted by molar-refractivity contribution is -0.122. The predicted molar refractivity (Wildman–Crippen MR) is 108 cm³/mol. The van der Waals surface area contributed by atoms with Crippen molar-refractivity contribution in [2.45, 2.75) is 50.7 Å². The average molecular weight is 388 g/mol. The first-order chi connectivity index (χ1) is 13.7. The Morgan fingerprint density at radius 3 is 2.79 bits per heavy atom. The van der Waals surface area contributed by atoms with E-state index in [1.807, 2.05) is 24.3 Å². The minimum atomic E-state index is 0.171. The van der Waals surface area contributed by atoms with E-state index in [0.29, 0.717) is 37.6 Å². The van der Waals surface area contributed by atoms with Crippen molar-refractivity contribution < 1.29 is 14.3 Å². The molecular formula is C22H33N3O3. The van der Waals surface area contributed by atoms with Gasteiger partial charge in [-0.05, 0) is 49.3 Å². The topological polar surface area (TPSA) is 62.8 Å². The van der Waals surface area contributed by atoms with Crippen LogP contribution in [0, 0.1) is 5.92 Å². The van der Waals surface area contributed by atoms with Crippen LogP contribution in [0.5, 0.6) is 5.75 Å². The fraction of sp³-hybridized carbons (Fsp3) is 0.682. The molecule has 1 amide bonds. The Balaban J connectivity index is 1.17. The van der Waals surface area contributed by atoms with Crippen molar-refractivity contribution in [1.29, 1.82) is 0 Å². The minimum Gasteiger partial charge on any atom is -0.492 e. The Morgan fingerprint density at radius 1 is 1.21 bits per heavy atom. The van der Waals surface area contributed by atoms with Gasteiger partial charge >= 0.3 is 0 Å². The molecule has 3 saturated heterocycles. The lowest BCUT2D eigenvalue weighted by Crippen LogP contribution is -2.39. The number of amides is 1. The minimum absolute atomic E-state index is 0.171. The Hall–Kier alpha value is -1.63. The molecule has 2 atom stereocenters. The fourth-order valence-electron chi connectivity index (χ4n) is 4.74. The summed E-state index contributed by atoms with van der Waals surface area (Å²) in [6.45, 7) is 5.75. The summed E-state index contributed by atoms with van der Waals surface area (Å²) < 4.78 is 11.3. The molecule has 3 aliphatic rings. The molecule has 28 heavy (non-hydrogen) atoms. The number of nitrogens with one attached hydrogen (secondary N) is 2. The number of morpholine rings is 1. The van der Waals surface area contributed by atoms with Gasteiger partial charge in [-0.25, -0.2) is 0 Å². The summed E-state index contributed by atoms with van der Waals surface area (Å²) in [6, 6.07) is 9.33. The standard InChI is InChI=1S/C22H33N3O3/c26-22(15-18-12-19-4-5-20(13-18)24-19)23-16-17-2-1-3-21(14-17)28-11-8-25-6-9-27-10-7-25/h1-3,14,18-20,24H,4-13,15-16H2,(H,23,26). The van der Waals surface area contributed by atoms with Gasteiger partial charge in [-0.15, -0.1) is 0 Å². The average Bonchev–Trinajstić information content (AvgIpc) is 3.06. The number of fused-ring (bicyclic) bond motifs is 2. The lowest BCUT2D eigenvalue weighted by Gasteiger charge is -2.28. The summed E-state index contributed by atoms with van der Waals surface area (Å²) >= 11 is 0. The van der Waals surface area contributed by atoms with Crippen LogP contribution in [0.3, 0.4) is 0 Å². The van der Waals surface area contributed by atoms with Crippen LogP contribution in [0.15, 0.2) is 24.3 Å². The highest BCUT2D eigenvalue weighted by molar-refractivity contribution is 5.76. The summed E-state index contributed by atoms with van der Waals surface area (Å²) in [5.74, 6) is 1.58. The third kappa shape index (κ3) is 5.69. The van der Waals surface area contributed by atoms with E-state index >= 15 is 0 Å². The number of ether oxygens (including phenoxy) is 2. The number of carbonyl (C=O) groups excluding carboxylic acids is 1. The maximum absolute atomic E-state index is 12.4. The summed E-state index contributed by atoms with van der Waals surface area (Å²) in [5.41, 5.74) is 1.09. The van der Waals surface area contributed by atoms with E-state index in [9.17, 15) is 4.79 Å². The summed E-state index contributed by atoms with van der Waals surface area (Å²) in [4.78, 5) is 14.7. The molecule has 0 radical (unpaired) electrons. The molecule has 2 bridgehead atoms. The zero-order chi connectivity index (χ0) is 19.2. The lowest BCUT2D eigenvalue weighted by atomic mass is 9.89. The zero-order valence-corrected chi connectivity index (χ0v) is 16.7. The summed E-state index contributed by atoms with van der Waals surface area (Å²) in [7, 11) is 0. The largest absolute Gasteiger partial charge is 0.492 e. The molecule has 1 aromatic carbocycles. The molecule has 154 valence electrons. The number of rotatable bonds is 8. The number of nitrogens with zero attached hydrogens (tertiary/aromatic N) is 1. The van der Waals surface area contributed by atoms with Crippen LogP contribution in [0.1, 0.15) is 37.7 Å². The van der Waals surface area contributed by atoms with Crippen LogP contribution in [0.2, 0.25) is 0 Å². The zero-order valence-electron chi connectivity index (χ0n) is 16.7. The molecule has 6 heteroatoms. The van der Waals surface area contributed by atoms with E-state index in [4.69, 9.17) is 9.47 Å². The third-order valence-electron chi connectivity index (χ3n) is 6.21. The Labute approximate surface area is 168 Å². The van der Waals surface area contributed by atoms with Crippen molar-refractivity contribution in [3.63, 3.8) is 0 Å². The second-order valence-corrected chi connectivity index (χ2v) is 8.41. The molecule has 3 heterocycles. The van der Waals surface area contributed by atoms with Crippen molar-refractivity contribution in [3.05, 3.63) is 29.8 Å². The van der Waals surface area contributed by atoms with Gasteiger partial charge in [-0.1, -0.05) is 12.1 Å². The number of piperidine rings is 1. The highest BCUT2D eigenvalue weighted by atomic mass is 16.5. The van der Waals surface area contributed by atoms with E-state index in [1.165, 1.54) is 12.8 Å². The van der Waals surface area contributed by atoms with E-state index in [2.05, 4.69) is 15.5 Å². The first-order valence-electron chi connectivity index (χ1n) is 10.8. The van der Waals surface area contributed by atoms with Crippen molar-refractivity contribution in [1.82, 2.24) is 15.5 Å². The van der Waals surface area contributed by atoms with E-state index in [-0.39, 0.29) is 5.91 Å². The van der Waals surface area contributed by atoms with Gasteiger partial charge in [0, 0.05) is 44.7 Å². The second kappa shape index (κ2) is 9.72. The molecule has 4 rings (SSSR count). The first-order valence-corrected chi connectivity index (χ1v) is 10.8. The first kappa shape index (κ1) is 19.7. The normalized spacial score (nSPS) is 27.5. The molecular weight excluding hydrogens is 354 g/mol. The van der Waals surface area contributed by atoms with Crippen molar-refractivity contribution >= 4 is 5.91 Å². The maximum atomic E-state index is 12.4. The van der Waals surface area contributed by atoms with Gasteiger partial charge in [0.1, 0.15) is 12.4 Å². The van der Waals surface area contributed by atoms with Gasteiger partial charge in [0.2, 0.25) is 5.91 Å². The molecule has 0 aliphatic carbocycles. The van der Waals surface area contributed by atoms with Gasteiger partial charge in [0.05, 0.1) is 13.2 Å². The number of carbonyl (C=O) groups is 1. The summed E-state index contributed by atoms with van der Waals surface area (Å²) in [5, 5.41) is 6.73. The van der Waals surface area contributed by atoms with Crippen LogP contribution >= 0.6 is 0 Å². The van der Waals surface area contributed by atoms with Gasteiger partial charge in [-0.2, -0.15) is 0 Å². The van der Waals surface area contributed by atoms with Gasteiger partial charge in [0.25, 0.3) is 0 Å². The van der Waals surface area contributed by atoms with E-state index < -0.39 is 0 Å². The molecule has 2 unspecified atom stereocenters. The van der Waals surface area contributed by atoms with Crippen LogP contribution in [-0.4, -0.2) is 62.3 Å². The smallest absolute Gasteiger partial charge is 0.220 e. The quantitative estimate of drug-likeness (QED) is 0.714. The monoisotopic (exact) mass is 387 g/mol. The van der Waals surface area contributed by atoms with Crippen molar-refractivity contribution in [2.24, 2.45) is 5.92 Å². The molecule has 0 aromatic heterocycles. The van der Waals surface area contributed by atoms with Gasteiger partial charge in [0.15, 0.2) is 0 Å². The maximum Gasteiger partial charge on any atom is 0.220 e. The number of hydrogen-bond donors (Lipinski definition) is 2. The van der Waals surface area contributed by atoms with Crippen molar-refractivity contribution in [2.75, 3.05) is 39.5 Å².